The van der Waals surface area contributed by atoms with Crippen molar-refractivity contribution in [3.05, 3.63) is 59.7 Å². The third-order valence-corrected chi connectivity index (χ3v) is 6.49. The minimum atomic E-state index is -0.611. The summed E-state index contributed by atoms with van der Waals surface area (Å²) in [6.45, 7) is 2.92. The van der Waals surface area contributed by atoms with Gasteiger partial charge in [-0.25, -0.2) is 9.59 Å². The van der Waals surface area contributed by atoms with E-state index in [-0.39, 0.29) is 18.6 Å². The van der Waals surface area contributed by atoms with Crippen LogP contribution in [0.15, 0.2) is 48.5 Å². The van der Waals surface area contributed by atoms with Gasteiger partial charge in [0.25, 0.3) is 0 Å². The number of esters is 2. The molecule has 0 amide bonds. The molecule has 0 aliphatic heterocycles. The van der Waals surface area contributed by atoms with Crippen LogP contribution >= 0.6 is 0 Å². The van der Waals surface area contributed by atoms with E-state index in [2.05, 4.69) is 24.3 Å². The molecule has 2 atom stereocenters. The minimum absolute atomic E-state index is 0.116. The van der Waals surface area contributed by atoms with Gasteiger partial charge in [0.1, 0.15) is 11.5 Å². The van der Waals surface area contributed by atoms with Crippen LogP contribution in [-0.4, -0.2) is 52.0 Å². The van der Waals surface area contributed by atoms with Gasteiger partial charge < -0.3 is 28.4 Å². The predicted octanol–water partition coefficient (Wildman–Crippen LogP) is 4.77. The SMILES string of the molecule is COC(C)OC(=O)COc1ccc(C2(c3ccc(OCC(=O)OC(C)OC)cc3)CCCCC2)cc1. The third kappa shape index (κ3) is 7.45. The second-order valence-electron chi connectivity index (χ2n) is 8.86. The number of benzene rings is 2. The average Bonchev–Trinajstić information content (AvgIpc) is 2.91. The largest absolute Gasteiger partial charge is 0.482 e. The van der Waals surface area contributed by atoms with Gasteiger partial charge in [-0.2, -0.15) is 0 Å². The Morgan fingerprint density at radius 2 is 1.08 bits per heavy atom. The molecule has 2 aromatic carbocycles. The lowest BCUT2D eigenvalue weighted by Crippen LogP contribution is -2.30. The molecule has 196 valence electrons. The lowest BCUT2D eigenvalue weighted by Gasteiger charge is -2.38. The molecular formula is C28H36O8. The molecule has 0 spiro atoms. The predicted molar refractivity (Wildman–Crippen MR) is 133 cm³/mol. The molecule has 0 radical (unpaired) electrons. The Morgan fingerprint density at radius 1 is 0.694 bits per heavy atom. The first-order chi connectivity index (χ1) is 17.4. The topological polar surface area (TPSA) is 89.5 Å². The van der Waals surface area contributed by atoms with Crippen molar-refractivity contribution in [1.82, 2.24) is 0 Å². The van der Waals surface area contributed by atoms with E-state index in [1.54, 1.807) is 13.8 Å². The molecule has 1 saturated carbocycles. The van der Waals surface area contributed by atoms with Crippen LogP contribution < -0.4 is 9.47 Å². The molecule has 1 aliphatic carbocycles. The summed E-state index contributed by atoms with van der Waals surface area (Å²) in [5, 5.41) is 0. The zero-order chi connectivity index (χ0) is 26.0. The first kappa shape index (κ1) is 27.5. The summed E-state index contributed by atoms with van der Waals surface area (Å²) < 4.78 is 31.1. The van der Waals surface area contributed by atoms with E-state index < -0.39 is 24.5 Å². The Morgan fingerprint density at radius 3 is 1.44 bits per heavy atom. The summed E-state index contributed by atoms with van der Waals surface area (Å²) in [7, 11) is 2.94. The average molecular weight is 501 g/mol. The van der Waals surface area contributed by atoms with Gasteiger partial charge in [0.15, 0.2) is 25.8 Å². The molecule has 3 rings (SSSR count). The second kappa shape index (κ2) is 13.3. The highest BCUT2D eigenvalue weighted by Gasteiger charge is 2.35. The number of ether oxygens (including phenoxy) is 6. The van der Waals surface area contributed by atoms with Crippen molar-refractivity contribution in [2.24, 2.45) is 0 Å². The smallest absolute Gasteiger partial charge is 0.346 e. The van der Waals surface area contributed by atoms with Crippen molar-refractivity contribution in [1.29, 1.82) is 0 Å². The number of rotatable bonds is 12. The molecule has 2 aromatic rings. The van der Waals surface area contributed by atoms with E-state index in [0.29, 0.717) is 11.5 Å². The minimum Gasteiger partial charge on any atom is -0.482 e. The Balaban J connectivity index is 1.67. The van der Waals surface area contributed by atoms with Gasteiger partial charge >= 0.3 is 11.9 Å². The number of methoxy groups -OCH3 is 2. The van der Waals surface area contributed by atoms with Crippen molar-refractivity contribution in [2.75, 3.05) is 27.4 Å². The Hall–Kier alpha value is -3.10. The lowest BCUT2D eigenvalue weighted by molar-refractivity contribution is -0.173. The summed E-state index contributed by atoms with van der Waals surface area (Å²) in [5.41, 5.74) is 2.29. The summed E-state index contributed by atoms with van der Waals surface area (Å²) in [5.74, 6) is 0.234. The maximum absolute atomic E-state index is 11.8. The number of hydrogen-bond donors (Lipinski definition) is 0. The van der Waals surface area contributed by atoms with E-state index in [4.69, 9.17) is 28.4 Å². The third-order valence-electron chi connectivity index (χ3n) is 6.49. The normalized spacial score (nSPS) is 16.4. The van der Waals surface area contributed by atoms with Crippen LogP contribution in [0.5, 0.6) is 11.5 Å². The van der Waals surface area contributed by atoms with Gasteiger partial charge in [0, 0.05) is 19.6 Å². The summed E-state index contributed by atoms with van der Waals surface area (Å²) >= 11 is 0. The summed E-state index contributed by atoms with van der Waals surface area (Å²) in [6.07, 6.45) is 4.35. The van der Waals surface area contributed by atoms with Crippen LogP contribution in [0.1, 0.15) is 57.1 Å². The molecular weight excluding hydrogens is 464 g/mol. The summed E-state index contributed by atoms with van der Waals surface area (Å²) in [4.78, 5) is 23.7. The molecule has 2 unspecified atom stereocenters. The van der Waals surface area contributed by atoms with E-state index >= 15 is 0 Å². The fraction of sp³-hybridized carbons (Fsp3) is 0.500. The molecule has 0 N–H and O–H groups in total. The van der Waals surface area contributed by atoms with Gasteiger partial charge in [-0.1, -0.05) is 43.5 Å². The van der Waals surface area contributed by atoms with Crippen LogP contribution in [0.4, 0.5) is 0 Å². The zero-order valence-corrected chi connectivity index (χ0v) is 21.5. The number of hydrogen-bond acceptors (Lipinski definition) is 8. The van der Waals surface area contributed by atoms with Crippen molar-refractivity contribution in [3.63, 3.8) is 0 Å². The second-order valence-corrected chi connectivity index (χ2v) is 8.86. The van der Waals surface area contributed by atoms with Crippen molar-refractivity contribution in [2.45, 2.75) is 63.9 Å². The van der Waals surface area contributed by atoms with Gasteiger partial charge in [0.2, 0.25) is 0 Å². The first-order valence-electron chi connectivity index (χ1n) is 12.3. The van der Waals surface area contributed by atoms with Crippen LogP contribution in [0, 0.1) is 0 Å². The van der Waals surface area contributed by atoms with Gasteiger partial charge in [-0.3, -0.25) is 0 Å². The van der Waals surface area contributed by atoms with Gasteiger partial charge in [-0.15, -0.1) is 0 Å². The van der Waals surface area contributed by atoms with E-state index in [9.17, 15) is 9.59 Å². The summed E-state index contributed by atoms with van der Waals surface area (Å²) in [6, 6.07) is 15.8. The van der Waals surface area contributed by atoms with Crippen molar-refractivity contribution in [3.8, 4) is 11.5 Å². The van der Waals surface area contributed by atoms with Crippen molar-refractivity contribution < 1.29 is 38.0 Å². The molecule has 36 heavy (non-hydrogen) atoms. The molecule has 1 aliphatic rings. The van der Waals surface area contributed by atoms with Crippen LogP contribution in [0.2, 0.25) is 0 Å². The number of carbonyl (C=O) groups is 2. The molecule has 8 nitrogen and oxygen atoms in total. The fourth-order valence-corrected chi connectivity index (χ4v) is 4.46. The molecule has 8 heteroatoms. The monoisotopic (exact) mass is 500 g/mol. The van der Waals surface area contributed by atoms with Gasteiger partial charge in [0.05, 0.1) is 0 Å². The van der Waals surface area contributed by atoms with E-state index in [1.807, 2.05) is 24.3 Å². The quantitative estimate of drug-likeness (QED) is 0.304. The highest BCUT2D eigenvalue weighted by Crippen LogP contribution is 2.45. The molecule has 0 saturated heterocycles. The van der Waals surface area contributed by atoms with Crippen LogP contribution in [0.25, 0.3) is 0 Å². The van der Waals surface area contributed by atoms with E-state index in [1.165, 1.54) is 31.8 Å². The highest BCUT2D eigenvalue weighted by molar-refractivity contribution is 5.71. The van der Waals surface area contributed by atoms with Gasteiger partial charge in [-0.05, 0) is 62.1 Å². The molecule has 0 bridgehead atoms. The first-order valence-corrected chi connectivity index (χ1v) is 12.3. The maximum Gasteiger partial charge on any atom is 0.346 e. The number of carbonyl (C=O) groups excluding carboxylic acids is 2. The molecule has 0 aromatic heterocycles. The Kier molecular flexibility index (Phi) is 10.1. The van der Waals surface area contributed by atoms with Crippen LogP contribution in [-0.2, 0) is 34.0 Å². The standard InChI is InChI=1S/C28H36O8/c1-20(31-3)35-26(29)18-33-24-12-8-22(9-13-24)28(16-6-5-7-17-28)23-10-14-25(15-11-23)34-19-27(30)36-21(2)32-4/h8-15,20-21H,5-7,16-19H2,1-4H3. The highest BCUT2D eigenvalue weighted by atomic mass is 16.7. The Labute approximate surface area is 212 Å². The van der Waals surface area contributed by atoms with Crippen LogP contribution in [0.3, 0.4) is 0 Å². The fourth-order valence-electron chi connectivity index (χ4n) is 4.46. The lowest BCUT2D eigenvalue weighted by atomic mass is 9.65. The van der Waals surface area contributed by atoms with Crippen molar-refractivity contribution >= 4 is 11.9 Å². The zero-order valence-electron chi connectivity index (χ0n) is 21.5. The molecule has 1 fully saturated rings. The maximum atomic E-state index is 11.8. The Bertz CT molecular complexity index is 891. The molecule has 0 heterocycles. The van der Waals surface area contributed by atoms with E-state index in [0.717, 1.165) is 25.7 Å².